The normalized spacial score (nSPS) is 14.1. The van der Waals surface area contributed by atoms with Gasteiger partial charge in [0.1, 0.15) is 12.7 Å². The van der Waals surface area contributed by atoms with Crippen molar-refractivity contribution in [2.75, 3.05) is 26.4 Å². The van der Waals surface area contributed by atoms with Gasteiger partial charge in [0.25, 0.3) is 0 Å². The van der Waals surface area contributed by atoms with Crippen LogP contribution in [0.25, 0.3) is 0 Å². The molecule has 0 aromatic heterocycles. The highest BCUT2D eigenvalue weighted by Gasteiger charge is 2.23. The Kier molecular flexibility index (Phi) is 19.0. The smallest absolute Gasteiger partial charge is 0.463 e. The van der Waals surface area contributed by atoms with Gasteiger partial charge in [-0.2, -0.15) is 0 Å². The number of rotatable bonds is 21. The van der Waals surface area contributed by atoms with Crippen molar-refractivity contribution in [2.24, 2.45) is 0 Å². The second-order valence-corrected chi connectivity index (χ2v) is 9.02. The first-order valence-electron chi connectivity index (χ1n) is 11.5. The molecule has 0 aromatic carbocycles. The lowest BCUT2D eigenvalue weighted by Crippen LogP contribution is -2.26. The summed E-state index contributed by atoms with van der Waals surface area (Å²) < 4.78 is 26.0. The maximum atomic E-state index is 11.7. The van der Waals surface area contributed by atoms with Gasteiger partial charge in [-0.3, -0.25) is 18.6 Å². The van der Waals surface area contributed by atoms with Crippen molar-refractivity contribution in [3.63, 3.8) is 0 Å². The molecule has 2 unspecified atom stereocenters. The van der Waals surface area contributed by atoms with Gasteiger partial charge in [0, 0.05) is 19.4 Å². The van der Waals surface area contributed by atoms with Crippen LogP contribution in [0.5, 0.6) is 0 Å². The van der Waals surface area contributed by atoms with E-state index in [-0.39, 0.29) is 32.1 Å². The molecule has 0 bridgehead atoms. The Morgan fingerprint density at radius 2 is 1.48 bits per heavy atom. The Hall–Kier alpha value is -0.990. The van der Waals surface area contributed by atoms with Gasteiger partial charge in [0.05, 0.1) is 13.2 Å². The minimum Gasteiger partial charge on any atom is -0.463 e. The highest BCUT2D eigenvalue weighted by molar-refractivity contribution is 7.47. The van der Waals surface area contributed by atoms with E-state index >= 15 is 0 Å². The standard InChI is InChI=1S/C21H42NO8P/c1-3-5-6-7-8-9-10-11-12-13-14-21(25)28-17-19(23)18-30-31(26,27)29-16-15-22-20(24)4-2/h19,23H,3-18H2,1-2H3,(H,22,24)(H,26,27). The summed E-state index contributed by atoms with van der Waals surface area (Å²) in [6.07, 6.45) is 11.1. The zero-order chi connectivity index (χ0) is 23.4. The first-order valence-corrected chi connectivity index (χ1v) is 13.0. The Morgan fingerprint density at radius 3 is 2.06 bits per heavy atom. The third-order valence-corrected chi connectivity index (χ3v) is 5.59. The average Bonchev–Trinajstić information content (AvgIpc) is 2.75. The van der Waals surface area contributed by atoms with Crippen LogP contribution >= 0.6 is 7.82 Å². The molecule has 0 heterocycles. The lowest BCUT2D eigenvalue weighted by Gasteiger charge is -2.15. The van der Waals surface area contributed by atoms with Crippen LogP contribution < -0.4 is 5.32 Å². The zero-order valence-electron chi connectivity index (χ0n) is 19.2. The molecule has 0 aromatic rings. The molecule has 1 amide bonds. The molecule has 3 N–H and O–H groups in total. The van der Waals surface area contributed by atoms with Gasteiger partial charge < -0.3 is 20.1 Å². The minimum atomic E-state index is -4.35. The van der Waals surface area contributed by atoms with Crippen LogP contribution in [0.3, 0.4) is 0 Å². The largest absolute Gasteiger partial charge is 0.472 e. The summed E-state index contributed by atoms with van der Waals surface area (Å²) in [6.45, 7) is 2.93. The molecule has 9 nitrogen and oxygen atoms in total. The molecular weight excluding hydrogens is 425 g/mol. The summed E-state index contributed by atoms with van der Waals surface area (Å²) in [4.78, 5) is 32.2. The zero-order valence-corrected chi connectivity index (χ0v) is 20.1. The summed E-state index contributed by atoms with van der Waals surface area (Å²) in [5.41, 5.74) is 0. The number of unbranched alkanes of at least 4 members (excludes halogenated alkanes) is 9. The second-order valence-electron chi connectivity index (χ2n) is 7.57. The van der Waals surface area contributed by atoms with Crippen LogP contribution in [0, 0.1) is 0 Å². The first kappa shape index (κ1) is 30.0. The number of hydrogen-bond acceptors (Lipinski definition) is 7. The van der Waals surface area contributed by atoms with Gasteiger partial charge in [-0.1, -0.05) is 71.6 Å². The predicted octanol–water partition coefficient (Wildman–Crippen LogP) is 3.86. The highest BCUT2D eigenvalue weighted by atomic mass is 31.2. The third-order valence-electron chi connectivity index (χ3n) is 4.60. The summed E-state index contributed by atoms with van der Waals surface area (Å²) in [6, 6.07) is 0. The van der Waals surface area contributed by atoms with Crippen LogP contribution in [0.2, 0.25) is 0 Å². The Bertz CT molecular complexity index is 518. The van der Waals surface area contributed by atoms with Crippen LogP contribution in [0.1, 0.15) is 90.9 Å². The van der Waals surface area contributed by atoms with E-state index < -0.39 is 26.5 Å². The lowest BCUT2D eigenvalue weighted by atomic mass is 10.1. The number of aliphatic hydroxyl groups is 1. The van der Waals surface area contributed by atoms with Crippen molar-refractivity contribution in [1.82, 2.24) is 5.32 Å². The van der Waals surface area contributed by atoms with Crippen LogP contribution in [-0.2, 0) is 27.9 Å². The number of esters is 1. The summed E-state index contributed by atoms with van der Waals surface area (Å²) in [5.74, 6) is -0.610. The maximum Gasteiger partial charge on any atom is 0.472 e. The van der Waals surface area contributed by atoms with E-state index in [9.17, 15) is 24.2 Å². The molecular formula is C21H42NO8P. The van der Waals surface area contributed by atoms with E-state index in [1.165, 1.54) is 44.9 Å². The van der Waals surface area contributed by atoms with Gasteiger partial charge in [-0.05, 0) is 6.42 Å². The monoisotopic (exact) mass is 467 g/mol. The highest BCUT2D eigenvalue weighted by Crippen LogP contribution is 2.42. The van der Waals surface area contributed by atoms with Gasteiger partial charge in [0.15, 0.2) is 0 Å². The first-order chi connectivity index (χ1) is 14.8. The molecule has 31 heavy (non-hydrogen) atoms. The topological polar surface area (TPSA) is 131 Å². The number of hydrogen-bond donors (Lipinski definition) is 3. The number of amides is 1. The average molecular weight is 468 g/mol. The maximum absolute atomic E-state index is 11.7. The van der Waals surface area contributed by atoms with E-state index in [1.54, 1.807) is 6.92 Å². The van der Waals surface area contributed by atoms with Crippen molar-refractivity contribution in [2.45, 2.75) is 97.0 Å². The lowest BCUT2D eigenvalue weighted by molar-refractivity contribution is -0.147. The second kappa shape index (κ2) is 19.7. The molecule has 0 fully saturated rings. The molecule has 0 aliphatic heterocycles. The molecule has 0 saturated carbocycles. The molecule has 0 rings (SSSR count). The molecule has 0 spiro atoms. The van der Waals surface area contributed by atoms with E-state index in [4.69, 9.17) is 4.74 Å². The molecule has 184 valence electrons. The van der Waals surface area contributed by atoms with Gasteiger partial charge >= 0.3 is 13.8 Å². The van der Waals surface area contributed by atoms with Gasteiger partial charge in [0.2, 0.25) is 5.91 Å². The molecule has 0 radical (unpaired) electrons. The number of carbonyl (C=O) groups is 2. The van der Waals surface area contributed by atoms with Crippen LogP contribution in [0.4, 0.5) is 0 Å². The van der Waals surface area contributed by atoms with Crippen molar-refractivity contribution in [3.8, 4) is 0 Å². The molecule has 2 atom stereocenters. The van der Waals surface area contributed by atoms with E-state index in [1.807, 2.05) is 0 Å². The summed E-state index contributed by atoms with van der Waals surface area (Å²) >= 11 is 0. The van der Waals surface area contributed by atoms with Crippen LogP contribution in [0.15, 0.2) is 0 Å². The number of nitrogens with one attached hydrogen (secondary N) is 1. The number of aliphatic hydroxyl groups excluding tert-OH is 1. The van der Waals surface area contributed by atoms with Gasteiger partial charge in [-0.25, -0.2) is 4.57 Å². The molecule has 0 saturated heterocycles. The van der Waals surface area contributed by atoms with E-state index in [0.29, 0.717) is 6.42 Å². The number of phosphoric acid groups is 1. The fourth-order valence-corrected chi connectivity index (χ4v) is 3.52. The SMILES string of the molecule is CCCCCCCCCCCCC(=O)OCC(O)COP(=O)(O)OCCNC(=O)CC. The quantitative estimate of drug-likeness (QED) is 0.132. The van der Waals surface area contributed by atoms with Crippen molar-refractivity contribution in [1.29, 1.82) is 0 Å². The number of phosphoric ester groups is 1. The molecule has 0 aliphatic carbocycles. The van der Waals surface area contributed by atoms with Crippen molar-refractivity contribution < 1.29 is 37.9 Å². The summed E-state index contributed by atoms with van der Waals surface area (Å²) in [5, 5.41) is 12.2. The molecule has 0 aliphatic rings. The number of ether oxygens (including phenoxy) is 1. The van der Waals surface area contributed by atoms with E-state index in [2.05, 4.69) is 21.3 Å². The minimum absolute atomic E-state index is 0.0692. The number of carbonyl (C=O) groups excluding carboxylic acids is 2. The summed E-state index contributed by atoms with van der Waals surface area (Å²) in [7, 11) is -4.35. The van der Waals surface area contributed by atoms with E-state index in [0.717, 1.165) is 19.3 Å². The van der Waals surface area contributed by atoms with Crippen LogP contribution in [-0.4, -0.2) is 54.3 Å². The third kappa shape index (κ3) is 20.7. The van der Waals surface area contributed by atoms with Crippen molar-refractivity contribution >= 4 is 19.7 Å². The Labute approximate surface area is 186 Å². The van der Waals surface area contributed by atoms with Gasteiger partial charge in [-0.15, -0.1) is 0 Å². The van der Waals surface area contributed by atoms with Crippen molar-refractivity contribution in [3.05, 3.63) is 0 Å². The Morgan fingerprint density at radius 1 is 0.903 bits per heavy atom. The predicted molar refractivity (Wildman–Crippen MR) is 118 cm³/mol. The molecule has 10 heteroatoms. The fourth-order valence-electron chi connectivity index (χ4n) is 2.76. The fraction of sp³-hybridized carbons (Fsp3) is 0.905. The Balaban J connectivity index is 3.65.